The van der Waals surface area contributed by atoms with Crippen molar-refractivity contribution < 1.29 is 14.2 Å². The summed E-state index contributed by atoms with van der Waals surface area (Å²) in [5, 5.41) is 0. The molecule has 0 saturated carbocycles. The van der Waals surface area contributed by atoms with E-state index in [1.807, 2.05) is 61.7 Å². The van der Waals surface area contributed by atoms with Gasteiger partial charge in [-0.2, -0.15) is 0 Å². The van der Waals surface area contributed by atoms with E-state index >= 15 is 0 Å². The summed E-state index contributed by atoms with van der Waals surface area (Å²) >= 11 is 0. The minimum absolute atomic E-state index is 0.278. The van der Waals surface area contributed by atoms with Gasteiger partial charge in [0.15, 0.2) is 5.75 Å². The fraction of sp³-hybridized carbons (Fsp3) is 0.250. The molecule has 8 heteroatoms. The Bertz CT molecular complexity index is 1210. The van der Waals surface area contributed by atoms with Crippen LogP contribution < -0.4 is 19.1 Å². The van der Waals surface area contributed by atoms with E-state index in [9.17, 15) is 0 Å². The van der Waals surface area contributed by atoms with E-state index in [0.717, 1.165) is 33.5 Å². The normalized spacial score (nSPS) is 10.8. The molecular weight excluding hydrogens is 406 g/mol. The SMILES string of the molecule is COc1ccc(COc2ncc(Cc3ccnc4cc(N(C)C)cnc34)cc2OC)nc1. The average molecular weight is 431 g/mol. The Morgan fingerprint density at radius 2 is 1.75 bits per heavy atom. The lowest BCUT2D eigenvalue weighted by Crippen LogP contribution is -2.09. The van der Waals surface area contributed by atoms with Crippen molar-refractivity contribution in [2.45, 2.75) is 13.0 Å². The maximum absolute atomic E-state index is 5.83. The summed E-state index contributed by atoms with van der Waals surface area (Å²) in [6, 6.07) is 9.65. The van der Waals surface area contributed by atoms with Crippen molar-refractivity contribution in [1.82, 2.24) is 19.9 Å². The zero-order valence-electron chi connectivity index (χ0n) is 18.6. The van der Waals surface area contributed by atoms with Gasteiger partial charge >= 0.3 is 0 Å². The number of hydrogen-bond donors (Lipinski definition) is 0. The monoisotopic (exact) mass is 431 g/mol. The molecule has 0 saturated heterocycles. The molecule has 8 nitrogen and oxygen atoms in total. The lowest BCUT2D eigenvalue weighted by atomic mass is 10.1. The summed E-state index contributed by atoms with van der Waals surface area (Å²) in [6.45, 7) is 0.278. The zero-order valence-corrected chi connectivity index (χ0v) is 18.6. The molecule has 0 N–H and O–H groups in total. The van der Waals surface area contributed by atoms with Gasteiger partial charge in [-0.15, -0.1) is 0 Å². The third-order valence-electron chi connectivity index (χ3n) is 5.04. The van der Waals surface area contributed by atoms with Crippen molar-refractivity contribution in [3.63, 3.8) is 0 Å². The van der Waals surface area contributed by atoms with E-state index in [4.69, 9.17) is 14.2 Å². The first-order chi connectivity index (χ1) is 15.6. The number of ether oxygens (including phenoxy) is 3. The van der Waals surface area contributed by atoms with Gasteiger partial charge in [-0.05, 0) is 41.5 Å². The fourth-order valence-corrected chi connectivity index (χ4v) is 3.27. The number of aromatic nitrogens is 4. The summed E-state index contributed by atoms with van der Waals surface area (Å²) in [7, 11) is 7.18. The van der Waals surface area contributed by atoms with Crippen molar-refractivity contribution in [2.75, 3.05) is 33.2 Å². The smallest absolute Gasteiger partial charge is 0.257 e. The number of fused-ring (bicyclic) bond motifs is 1. The minimum atomic E-state index is 0.278. The zero-order chi connectivity index (χ0) is 22.5. The number of methoxy groups -OCH3 is 2. The Morgan fingerprint density at radius 1 is 0.875 bits per heavy atom. The van der Waals surface area contributed by atoms with E-state index < -0.39 is 0 Å². The van der Waals surface area contributed by atoms with E-state index in [2.05, 4.69) is 19.9 Å². The molecular formula is C24H25N5O3. The van der Waals surface area contributed by atoms with Crippen molar-refractivity contribution in [1.29, 1.82) is 0 Å². The van der Waals surface area contributed by atoms with Crippen LogP contribution in [0, 0.1) is 0 Å². The maximum atomic E-state index is 5.83. The van der Waals surface area contributed by atoms with Gasteiger partial charge in [-0.3, -0.25) is 15.0 Å². The van der Waals surface area contributed by atoms with Gasteiger partial charge in [0.05, 0.1) is 49.0 Å². The van der Waals surface area contributed by atoms with Gasteiger partial charge in [0, 0.05) is 32.9 Å². The maximum Gasteiger partial charge on any atom is 0.257 e. The molecule has 0 atom stereocenters. The van der Waals surface area contributed by atoms with Crippen molar-refractivity contribution in [3.8, 4) is 17.4 Å². The van der Waals surface area contributed by atoms with Gasteiger partial charge < -0.3 is 19.1 Å². The van der Waals surface area contributed by atoms with Crippen LogP contribution in [0.2, 0.25) is 0 Å². The molecule has 0 aliphatic rings. The summed E-state index contributed by atoms with van der Waals surface area (Å²) in [5.74, 6) is 1.68. The molecule has 0 bridgehead atoms. The van der Waals surface area contributed by atoms with Crippen LogP contribution in [-0.2, 0) is 13.0 Å². The van der Waals surface area contributed by atoms with E-state index in [0.29, 0.717) is 23.8 Å². The number of rotatable bonds is 8. The third kappa shape index (κ3) is 4.69. The molecule has 0 amide bonds. The minimum Gasteiger partial charge on any atom is -0.495 e. The molecule has 0 aliphatic heterocycles. The molecule has 164 valence electrons. The number of nitrogens with zero attached hydrogens (tertiary/aromatic N) is 5. The highest BCUT2D eigenvalue weighted by molar-refractivity contribution is 5.81. The Morgan fingerprint density at radius 3 is 2.47 bits per heavy atom. The number of pyridine rings is 4. The standard InChI is InChI=1S/C24H25N5O3/c1-29(2)19-11-21-23(27-13-19)17(7-8-25-21)9-16-10-22(31-4)24(28-12-16)32-15-18-5-6-20(30-3)14-26-18/h5-8,10-14H,9,15H2,1-4H3. The highest BCUT2D eigenvalue weighted by Crippen LogP contribution is 2.28. The van der Waals surface area contributed by atoms with Crippen LogP contribution in [0.5, 0.6) is 17.4 Å². The van der Waals surface area contributed by atoms with Crippen molar-refractivity contribution >= 4 is 16.7 Å². The van der Waals surface area contributed by atoms with Crippen LogP contribution in [0.3, 0.4) is 0 Å². The first-order valence-electron chi connectivity index (χ1n) is 10.1. The van der Waals surface area contributed by atoms with Gasteiger partial charge in [0.1, 0.15) is 12.4 Å². The van der Waals surface area contributed by atoms with Crippen molar-refractivity contribution in [3.05, 3.63) is 71.9 Å². The second-order valence-electron chi connectivity index (χ2n) is 7.43. The van der Waals surface area contributed by atoms with E-state index in [1.54, 1.807) is 26.6 Å². The Kier molecular flexibility index (Phi) is 6.30. The molecule has 4 aromatic heterocycles. The highest BCUT2D eigenvalue weighted by Gasteiger charge is 2.12. The molecule has 0 aromatic carbocycles. The molecule has 4 heterocycles. The van der Waals surface area contributed by atoms with E-state index in [1.165, 1.54) is 0 Å². The van der Waals surface area contributed by atoms with E-state index in [-0.39, 0.29) is 6.61 Å². The lowest BCUT2D eigenvalue weighted by molar-refractivity contribution is 0.268. The molecule has 0 fully saturated rings. The van der Waals surface area contributed by atoms with Crippen LogP contribution in [0.4, 0.5) is 5.69 Å². The van der Waals surface area contributed by atoms with Crippen LogP contribution in [0.1, 0.15) is 16.8 Å². The molecule has 4 aromatic rings. The van der Waals surface area contributed by atoms with Crippen molar-refractivity contribution in [2.24, 2.45) is 0 Å². The molecule has 4 rings (SSSR count). The van der Waals surface area contributed by atoms with Gasteiger partial charge in [-0.25, -0.2) is 4.98 Å². The summed E-state index contributed by atoms with van der Waals surface area (Å²) < 4.78 is 16.5. The number of hydrogen-bond acceptors (Lipinski definition) is 8. The Labute approximate surface area is 186 Å². The largest absolute Gasteiger partial charge is 0.495 e. The number of anilines is 1. The highest BCUT2D eigenvalue weighted by atomic mass is 16.5. The van der Waals surface area contributed by atoms with Gasteiger partial charge in [0.25, 0.3) is 5.88 Å². The Balaban J connectivity index is 1.52. The summed E-state index contributed by atoms with van der Waals surface area (Å²) in [6.07, 6.45) is 7.76. The molecule has 0 radical (unpaired) electrons. The topological polar surface area (TPSA) is 82.5 Å². The quantitative estimate of drug-likeness (QED) is 0.418. The molecule has 0 aliphatic carbocycles. The molecule has 0 spiro atoms. The molecule has 32 heavy (non-hydrogen) atoms. The van der Waals surface area contributed by atoms with Gasteiger partial charge in [0.2, 0.25) is 0 Å². The van der Waals surface area contributed by atoms with Crippen LogP contribution in [0.25, 0.3) is 11.0 Å². The Hall–Kier alpha value is -3.94. The van der Waals surface area contributed by atoms with Crippen LogP contribution in [-0.4, -0.2) is 48.3 Å². The first-order valence-corrected chi connectivity index (χ1v) is 10.1. The van der Waals surface area contributed by atoms with Crippen LogP contribution >= 0.6 is 0 Å². The predicted molar refractivity (Wildman–Crippen MR) is 123 cm³/mol. The second-order valence-corrected chi connectivity index (χ2v) is 7.43. The first kappa shape index (κ1) is 21.3. The van der Waals surface area contributed by atoms with Crippen LogP contribution in [0.15, 0.2) is 55.1 Å². The summed E-state index contributed by atoms with van der Waals surface area (Å²) in [5.41, 5.74) is 5.58. The second kappa shape index (κ2) is 9.47. The lowest BCUT2D eigenvalue weighted by Gasteiger charge is -2.14. The average Bonchev–Trinajstić information content (AvgIpc) is 2.83. The fourth-order valence-electron chi connectivity index (χ4n) is 3.27. The predicted octanol–water partition coefficient (Wildman–Crippen LogP) is 3.67. The molecule has 0 unspecified atom stereocenters. The van der Waals surface area contributed by atoms with Gasteiger partial charge in [-0.1, -0.05) is 0 Å². The summed E-state index contributed by atoms with van der Waals surface area (Å²) in [4.78, 5) is 19.9. The third-order valence-corrected chi connectivity index (χ3v) is 5.04.